The number of halogens is 1. The van der Waals surface area contributed by atoms with E-state index in [2.05, 4.69) is 4.98 Å². The maximum Gasteiger partial charge on any atom is 0.272 e. The Bertz CT molecular complexity index is 1220. The maximum absolute atomic E-state index is 13.9. The molecule has 0 saturated carbocycles. The summed E-state index contributed by atoms with van der Waals surface area (Å²) in [4.78, 5) is 19.4. The molecule has 4 rings (SSSR count). The minimum Gasteiger partial charge on any atom is -0.487 e. The number of aromatic nitrogens is 1. The Hall–Kier alpha value is -2.52. The lowest BCUT2D eigenvalue weighted by Gasteiger charge is -2.47. The number of carbonyl (C=O) groups excluding carboxylic acids is 1. The molecule has 7 nitrogen and oxygen atoms in total. The van der Waals surface area contributed by atoms with Gasteiger partial charge >= 0.3 is 0 Å². The summed E-state index contributed by atoms with van der Waals surface area (Å²) in [5.74, 6) is 0.0723. The number of hydrogen-bond donors (Lipinski definition) is 0. The summed E-state index contributed by atoms with van der Waals surface area (Å²) in [6.07, 6.45) is 1.49. The SMILES string of the molecule is Cc1nc(C(=O)N2CCC3(CC2)C[C@@H](OC(C)C)c2cc(F)ccc2O3)ccc1S(=O)(=O)C(C)C. The van der Waals surface area contributed by atoms with Crippen molar-refractivity contribution in [3.05, 3.63) is 53.1 Å². The first-order chi connectivity index (χ1) is 16.4. The van der Waals surface area contributed by atoms with Crippen LogP contribution in [-0.2, 0) is 14.6 Å². The molecule has 0 aliphatic carbocycles. The number of amides is 1. The maximum atomic E-state index is 13.9. The molecule has 2 aliphatic heterocycles. The summed E-state index contributed by atoms with van der Waals surface area (Å²) in [5.41, 5.74) is 0.775. The van der Waals surface area contributed by atoms with Crippen LogP contribution in [0.1, 0.15) is 74.8 Å². The van der Waals surface area contributed by atoms with E-state index in [9.17, 15) is 17.6 Å². The minimum absolute atomic E-state index is 0.0234. The van der Waals surface area contributed by atoms with Crippen molar-refractivity contribution in [2.75, 3.05) is 13.1 Å². The van der Waals surface area contributed by atoms with Crippen molar-refractivity contribution < 1.29 is 27.1 Å². The molecule has 1 saturated heterocycles. The zero-order chi connectivity index (χ0) is 25.5. The van der Waals surface area contributed by atoms with Crippen LogP contribution in [-0.4, -0.2) is 54.3 Å². The van der Waals surface area contributed by atoms with Crippen LogP contribution < -0.4 is 4.74 Å². The van der Waals surface area contributed by atoms with Gasteiger partial charge in [0.1, 0.15) is 22.9 Å². The molecule has 0 N–H and O–H groups in total. The predicted molar refractivity (Wildman–Crippen MR) is 130 cm³/mol. The second-order valence-electron chi connectivity index (χ2n) is 10.0. The third-order valence-electron chi connectivity index (χ3n) is 6.78. The quantitative estimate of drug-likeness (QED) is 0.590. The van der Waals surface area contributed by atoms with Crippen molar-refractivity contribution in [1.29, 1.82) is 0 Å². The molecule has 1 amide bonds. The number of hydrogen-bond acceptors (Lipinski definition) is 6. The van der Waals surface area contributed by atoms with Crippen LogP contribution in [0, 0.1) is 12.7 Å². The summed E-state index contributed by atoms with van der Waals surface area (Å²) < 4.78 is 51.5. The number of nitrogens with zero attached hydrogens (tertiary/aromatic N) is 2. The standard InChI is InChI=1S/C26H33FN2O5S/c1-16(2)33-23-15-26(34-22-8-6-19(27)14-20(22)23)10-12-29(13-11-26)25(30)21-7-9-24(18(5)28-21)35(31,32)17(3)4/h6-9,14,16-17,23H,10-13,15H2,1-5H3/t23-/m1/s1. The van der Waals surface area contributed by atoms with Gasteiger partial charge in [-0.25, -0.2) is 17.8 Å². The first kappa shape index (κ1) is 25.6. The van der Waals surface area contributed by atoms with E-state index >= 15 is 0 Å². The zero-order valence-corrected chi connectivity index (χ0v) is 21.7. The van der Waals surface area contributed by atoms with Crippen LogP contribution in [0.25, 0.3) is 0 Å². The minimum atomic E-state index is -3.47. The molecule has 1 spiro atoms. The van der Waals surface area contributed by atoms with Gasteiger partial charge in [0, 0.05) is 37.9 Å². The molecule has 0 radical (unpaired) electrons. The topological polar surface area (TPSA) is 85.8 Å². The van der Waals surface area contributed by atoms with Crippen molar-refractivity contribution in [2.45, 2.75) is 81.8 Å². The van der Waals surface area contributed by atoms with Gasteiger partial charge in [0.25, 0.3) is 5.91 Å². The molecule has 1 aromatic heterocycles. The van der Waals surface area contributed by atoms with Gasteiger partial charge in [-0.15, -0.1) is 0 Å². The van der Waals surface area contributed by atoms with Gasteiger partial charge in [0.05, 0.1) is 28.0 Å². The van der Waals surface area contributed by atoms with Crippen LogP contribution in [0.15, 0.2) is 35.2 Å². The van der Waals surface area contributed by atoms with Crippen molar-refractivity contribution in [1.82, 2.24) is 9.88 Å². The van der Waals surface area contributed by atoms with E-state index in [-0.39, 0.29) is 34.5 Å². The highest BCUT2D eigenvalue weighted by Crippen LogP contribution is 2.46. The van der Waals surface area contributed by atoms with E-state index in [1.165, 1.54) is 24.3 Å². The van der Waals surface area contributed by atoms with E-state index in [1.807, 2.05) is 13.8 Å². The summed E-state index contributed by atoms with van der Waals surface area (Å²) in [7, 11) is -3.47. The number of carbonyl (C=O) groups is 1. The van der Waals surface area contributed by atoms with Crippen molar-refractivity contribution >= 4 is 15.7 Å². The third kappa shape index (κ3) is 5.07. The van der Waals surface area contributed by atoms with Crippen molar-refractivity contribution in [3.8, 4) is 5.75 Å². The summed E-state index contributed by atoms with van der Waals surface area (Å²) >= 11 is 0. The summed E-state index contributed by atoms with van der Waals surface area (Å²) in [6, 6.07) is 7.48. The van der Waals surface area contributed by atoms with Crippen molar-refractivity contribution in [2.24, 2.45) is 0 Å². The first-order valence-corrected chi connectivity index (χ1v) is 13.6. The Morgan fingerprint density at radius 2 is 1.86 bits per heavy atom. The third-order valence-corrected chi connectivity index (χ3v) is 9.07. The molecular formula is C26H33FN2O5S. The van der Waals surface area contributed by atoms with Gasteiger partial charge in [-0.1, -0.05) is 0 Å². The number of aryl methyl sites for hydroxylation is 1. The van der Waals surface area contributed by atoms with Crippen molar-refractivity contribution in [3.63, 3.8) is 0 Å². The van der Waals surface area contributed by atoms with Crippen LogP contribution in [0.5, 0.6) is 5.75 Å². The van der Waals surface area contributed by atoms with Crippen LogP contribution >= 0.6 is 0 Å². The zero-order valence-electron chi connectivity index (χ0n) is 20.9. The number of piperidine rings is 1. The number of sulfone groups is 1. The molecule has 2 aromatic rings. The molecule has 190 valence electrons. The molecule has 1 fully saturated rings. The normalized spacial score (nSPS) is 19.7. The highest BCUT2D eigenvalue weighted by molar-refractivity contribution is 7.92. The largest absolute Gasteiger partial charge is 0.487 e. The van der Waals surface area contributed by atoms with Gasteiger partial charge in [-0.2, -0.15) is 0 Å². The van der Waals surface area contributed by atoms with Gasteiger partial charge in [-0.05, 0) is 65.0 Å². The van der Waals surface area contributed by atoms with Crippen LogP contribution in [0.3, 0.4) is 0 Å². The predicted octanol–water partition coefficient (Wildman–Crippen LogP) is 4.63. The number of likely N-dealkylation sites (tertiary alicyclic amines) is 1. The van der Waals surface area contributed by atoms with Gasteiger partial charge < -0.3 is 14.4 Å². The number of fused-ring (bicyclic) bond motifs is 1. The molecule has 2 aliphatic rings. The second kappa shape index (κ2) is 9.50. The molecule has 0 unspecified atom stereocenters. The highest BCUT2D eigenvalue weighted by atomic mass is 32.2. The Morgan fingerprint density at radius 1 is 1.17 bits per heavy atom. The Balaban J connectivity index is 1.50. The van der Waals surface area contributed by atoms with E-state index < -0.39 is 20.7 Å². The lowest BCUT2D eigenvalue weighted by atomic mass is 9.81. The number of rotatable bonds is 5. The van der Waals surface area contributed by atoms with Crippen LogP contribution in [0.2, 0.25) is 0 Å². The number of ether oxygens (including phenoxy) is 2. The van der Waals surface area contributed by atoms with Gasteiger partial charge in [0.2, 0.25) is 0 Å². The Kier molecular flexibility index (Phi) is 6.94. The molecule has 0 bridgehead atoms. The fourth-order valence-electron chi connectivity index (χ4n) is 4.84. The number of pyridine rings is 1. The van der Waals surface area contributed by atoms with Gasteiger partial charge in [0.15, 0.2) is 9.84 Å². The lowest BCUT2D eigenvalue weighted by Crippen LogP contribution is -2.52. The Labute approximate surface area is 206 Å². The van der Waals surface area contributed by atoms with Crippen LogP contribution in [0.4, 0.5) is 4.39 Å². The average molecular weight is 505 g/mol. The lowest BCUT2D eigenvalue weighted by molar-refractivity contribution is -0.0874. The highest BCUT2D eigenvalue weighted by Gasteiger charge is 2.45. The molecule has 35 heavy (non-hydrogen) atoms. The Morgan fingerprint density at radius 3 is 2.46 bits per heavy atom. The fraction of sp³-hybridized carbons (Fsp3) is 0.538. The fourth-order valence-corrected chi connectivity index (χ4v) is 6.07. The second-order valence-corrected chi connectivity index (χ2v) is 12.5. The monoisotopic (exact) mass is 504 g/mol. The summed E-state index contributed by atoms with van der Waals surface area (Å²) in [6.45, 7) is 9.70. The molecular weight excluding hydrogens is 471 g/mol. The van der Waals surface area contributed by atoms with E-state index in [1.54, 1.807) is 31.7 Å². The van der Waals surface area contributed by atoms with E-state index in [0.29, 0.717) is 43.8 Å². The summed E-state index contributed by atoms with van der Waals surface area (Å²) in [5, 5.41) is -0.566. The molecule has 1 atom stereocenters. The smallest absolute Gasteiger partial charge is 0.272 e. The number of benzene rings is 1. The van der Waals surface area contributed by atoms with Gasteiger partial charge in [-0.3, -0.25) is 4.79 Å². The van der Waals surface area contributed by atoms with E-state index in [4.69, 9.17) is 9.47 Å². The first-order valence-electron chi connectivity index (χ1n) is 12.1. The van der Waals surface area contributed by atoms with E-state index in [0.717, 1.165) is 5.56 Å². The molecule has 1 aromatic carbocycles. The molecule has 9 heteroatoms. The molecule has 3 heterocycles. The average Bonchev–Trinajstić information content (AvgIpc) is 2.79.